The molecule has 0 spiro atoms. The second kappa shape index (κ2) is 5.38. The Bertz CT molecular complexity index is 620. The van der Waals surface area contributed by atoms with Gasteiger partial charge in [0.2, 0.25) is 5.91 Å². The largest absolute Gasteiger partial charge is 0.550 e. The van der Waals surface area contributed by atoms with Gasteiger partial charge in [-0.05, 0) is 25.0 Å². The zero-order valence-electron chi connectivity index (χ0n) is 10.2. The highest BCUT2D eigenvalue weighted by atomic mass is 16.4. The van der Waals surface area contributed by atoms with Gasteiger partial charge < -0.3 is 15.2 Å². The molecule has 0 aliphatic rings. The Morgan fingerprint density at radius 2 is 2.16 bits per heavy atom. The van der Waals surface area contributed by atoms with Crippen molar-refractivity contribution < 1.29 is 19.7 Å². The maximum Gasteiger partial charge on any atom is 0.351 e. The van der Waals surface area contributed by atoms with Gasteiger partial charge in [-0.15, -0.1) is 0 Å². The van der Waals surface area contributed by atoms with E-state index in [-0.39, 0.29) is 25.2 Å². The summed E-state index contributed by atoms with van der Waals surface area (Å²) in [4.78, 5) is 27.6. The second-order valence-corrected chi connectivity index (χ2v) is 4.20. The van der Waals surface area contributed by atoms with Crippen molar-refractivity contribution in [2.75, 3.05) is 11.1 Å². The Balaban J connectivity index is 1.96. The Morgan fingerprint density at radius 3 is 2.89 bits per heavy atom. The van der Waals surface area contributed by atoms with Gasteiger partial charge in [0.25, 0.3) is 0 Å². The van der Waals surface area contributed by atoms with Gasteiger partial charge >= 0.3 is 5.95 Å². The van der Waals surface area contributed by atoms with Crippen LogP contribution in [0.3, 0.4) is 0 Å². The zero-order valence-corrected chi connectivity index (χ0v) is 10.2. The summed E-state index contributed by atoms with van der Waals surface area (Å²) in [6.07, 6.45) is 0.291. The number of aromatic amines is 2. The topological polar surface area (TPSA) is 125 Å². The number of nitrogen functional groups attached to an aromatic ring is 1. The molecule has 0 atom stereocenters. The zero-order chi connectivity index (χ0) is 13.8. The fraction of sp³-hybridized carbons (Fsp3) is 0.250. The van der Waals surface area contributed by atoms with E-state index < -0.39 is 5.97 Å². The van der Waals surface area contributed by atoms with Crippen LogP contribution in [-0.2, 0) is 9.59 Å². The number of rotatable bonds is 5. The first-order valence-corrected chi connectivity index (χ1v) is 5.85. The molecule has 19 heavy (non-hydrogen) atoms. The highest BCUT2D eigenvalue weighted by molar-refractivity contribution is 5.92. The SMILES string of the molecule is Nc1[nH]c2cc(NC(=O)CCCC(=O)[O-])ccc2[nH+]1. The maximum absolute atomic E-state index is 11.6. The molecule has 5 N–H and O–H groups in total. The number of carboxylic acid groups (broad SMARTS) is 1. The Hall–Kier alpha value is -2.57. The summed E-state index contributed by atoms with van der Waals surface area (Å²) in [5.74, 6) is -0.942. The smallest absolute Gasteiger partial charge is 0.351 e. The van der Waals surface area contributed by atoms with Crippen LogP contribution in [0.5, 0.6) is 0 Å². The van der Waals surface area contributed by atoms with E-state index >= 15 is 0 Å². The molecule has 1 aromatic carbocycles. The van der Waals surface area contributed by atoms with Crippen molar-refractivity contribution >= 4 is 34.5 Å². The van der Waals surface area contributed by atoms with E-state index in [2.05, 4.69) is 15.3 Å². The molecule has 0 unspecified atom stereocenters. The normalized spacial score (nSPS) is 10.5. The first-order chi connectivity index (χ1) is 9.04. The summed E-state index contributed by atoms with van der Waals surface area (Å²) in [6, 6.07) is 5.28. The van der Waals surface area contributed by atoms with Crippen LogP contribution in [0, 0.1) is 0 Å². The van der Waals surface area contributed by atoms with Gasteiger partial charge in [0, 0.05) is 24.1 Å². The Morgan fingerprint density at radius 1 is 1.37 bits per heavy atom. The predicted molar refractivity (Wildman–Crippen MR) is 66.8 cm³/mol. The molecule has 100 valence electrons. The lowest BCUT2D eigenvalue weighted by atomic mass is 10.2. The van der Waals surface area contributed by atoms with Crippen LogP contribution in [0.1, 0.15) is 19.3 Å². The van der Waals surface area contributed by atoms with E-state index in [4.69, 9.17) is 5.73 Å². The third-order valence-electron chi connectivity index (χ3n) is 2.63. The maximum atomic E-state index is 11.6. The van der Waals surface area contributed by atoms with Crippen LogP contribution in [-0.4, -0.2) is 16.9 Å². The van der Waals surface area contributed by atoms with E-state index in [1.54, 1.807) is 18.2 Å². The number of H-pyrrole nitrogens is 2. The molecule has 0 saturated carbocycles. The number of carbonyl (C=O) groups is 2. The minimum absolute atomic E-state index is 0.116. The van der Waals surface area contributed by atoms with Gasteiger partial charge in [-0.2, -0.15) is 0 Å². The summed E-state index contributed by atoms with van der Waals surface area (Å²) >= 11 is 0. The number of aromatic nitrogens is 2. The van der Waals surface area contributed by atoms with E-state index in [0.29, 0.717) is 11.6 Å². The molecule has 1 heterocycles. The first-order valence-electron chi connectivity index (χ1n) is 5.85. The number of carboxylic acids is 1. The molecule has 0 fully saturated rings. The van der Waals surface area contributed by atoms with Gasteiger partial charge in [-0.1, -0.05) is 0 Å². The van der Waals surface area contributed by atoms with Crippen molar-refractivity contribution in [2.24, 2.45) is 0 Å². The van der Waals surface area contributed by atoms with Crippen molar-refractivity contribution in [1.29, 1.82) is 0 Å². The molecular weight excluding hydrogens is 248 g/mol. The lowest BCUT2D eigenvalue weighted by Gasteiger charge is -2.05. The predicted octanol–water partition coefficient (Wildman–Crippen LogP) is -0.577. The van der Waals surface area contributed by atoms with Crippen molar-refractivity contribution in [3.63, 3.8) is 0 Å². The number of hydrogen-bond acceptors (Lipinski definition) is 4. The Kier molecular flexibility index (Phi) is 3.65. The molecule has 0 bridgehead atoms. The summed E-state index contributed by atoms with van der Waals surface area (Å²) in [5.41, 5.74) is 7.82. The number of nitrogens with two attached hydrogens (primary N) is 1. The summed E-state index contributed by atoms with van der Waals surface area (Å²) in [5, 5.41) is 12.9. The van der Waals surface area contributed by atoms with Crippen molar-refractivity contribution in [3.05, 3.63) is 18.2 Å². The molecule has 1 amide bonds. The second-order valence-electron chi connectivity index (χ2n) is 4.20. The fourth-order valence-corrected chi connectivity index (χ4v) is 1.77. The summed E-state index contributed by atoms with van der Waals surface area (Å²) in [6.45, 7) is 0. The van der Waals surface area contributed by atoms with E-state index in [9.17, 15) is 14.7 Å². The number of aliphatic carboxylic acids is 1. The highest BCUT2D eigenvalue weighted by Gasteiger charge is 2.07. The quantitative estimate of drug-likeness (QED) is 0.666. The molecule has 7 heteroatoms. The highest BCUT2D eigenvalue weighted by Crippen LogP contribution is 2.15. The first kappa shape index (κ1) is 12.9. The van der Waals surface area contributed by atoms with Crippen LogP contribution < -0.4 is 21.1 Å². The standard InChI is InChI=1S/C12H14N4O3/c13-12-15-8-5-4-7(6-9(8)16-12)14-10(17)2-1-3-11(18)19/h4-6H,1-3H2,(H,14,17)(H,18,19)(H3,13,15,16). The van der Waals surface area contributed by atoms with Crippen LogP contribution in [0.4, 0.5) is 11.6 Å². The van der Waals surface area contributed by atoms with Crippen LogP contribution in [0.25, 0.3) is 11.0 Å². The van der Waals surface area contributed by atoms with Gasteiger partial charge in [-0.3, -0.25) is 10.5 Å². The van der Waals surface area contributed by atoms with Crippen LogP contribution in [0.2, 0.25) is 0 Å². The summed E-state index contributed by atoms with van der Waals surface area (Å²) in [7, 11) is 0. The average Bonchev–Trinajstić information content (AvgIpc) is 2.67. The molecule has 2 aromatic rings. The van der Waals surface area contributed by atoms with Gasteiger partial charge in [0.1, 0.15) is 11.0 Å². The third-order valence-corrected chi connectivity index (χ3v) is 2.63. The number of anilines is 2. The lowest BCUT2D eigenvalue weighted by molar-refractivity contribution is -0.325. The monoisotopic (exact) mass is 262 g/mol. The molecule has 0 radical (unpaired) electrons. The number of imidazole rings is 1. The molecule has 0 aliphatic carbocycles. The number of carbonyl (C=O) groups excluding carboxylic acids is 2. The van der Waals surface area contributed by atoms with E-state index in [1.807, 2.05) is 0 Å². The van der Waals surface area contributed by atoms with Gasteiger partial charge in [0.15, 0.2) is 0 Å². The van der Waals surface area contributed by atoms with Crippen molar-refractivity contribution in [2.45, 2.75) is 19.3 Å². The third kappa shape index (κ3) is 3.44. The average molecular weight is 262 g/mol. The minimum atomic E-state index is -1.15. The van der Waals surface area contributed by atoms with Gasteiger partial charge in [0.05, 0.1) is 0 Å². The number of amides is 1. The van der Waals surface area contributed by atoms with Gasteiger partial charge in [-0.25, -0.2) is 9.97 Å². The van der Waals surface area contributed by atoms with E-state index in [0.717, 1.165) is 11.0 Å². The van der Waals surface area contributed by atoms with Crippen molar-refractivity contribution in [3.8, 4) is 0 Å². The molecule has 1 aromatic heterocycles. The number of fused-ring (bicyclic) bond motifs is 1. The minimum Gasteiger partial charge on any atom is -0.550 e. The van der Waals surface area contributed by atoms with E-state index in [1.165, 1.54) is 0 Å². The molecule has 0 aliphatic heterocycles. The number of benzene rings is 1. The number of nitrogens with one attached hydrogen (secondary N) is 3. The summed E-state index contributed by atoms with van der Waals surface area (Å²) < 4.78 is 0. The molecule has 0 saturated heterocycles. The fourth-order valence-electron chi connectivity index (χ4n) is 1.77. The van der Waals surface area contributed by atoms with Crippen LogP contribution in [0.15, 0.2) is 18.2 Å². The van der Waals surface area contributed by atoms with Crippen LogP contribution >= 0.6 is 0 Å². The van der Waals surface area contributed by atoms with Crippen molar-refractivity contribution in [1.82, 2.24) is 4.98 Å². The molecule has 7 nitrogen and oxygen atoms in total. The number of hydrogen-bond donors (Lipinski definition) is 3. The lowest BCUT2D eigenvalue weighted by Crippen LogP contribution is -2.22. The Labute approximate surface area is 108 Å². The molecule has 2 rings (SSSR count). The molecular formula is C12H14N4O3.